The molecule has 2 aliphatic rings. The number of amides is 2. The monoisotopic (exact) mass is 331 g/mol. The first-order chi connectivity index (χ1) is 11.4. The van der Waals surface area contributed by atoms with Crippen LogP contribution in [0.5, 0.6) is 0 Å². The SMILES string of the molecule is CC(C)=CCN1CC2(CCN(C(=O)c3cc(C)on3)CC2)CC1=O. The maximum atomic E-state index is 12.4. The second-order valence-electron chi connectivity index (χ2n) is 7.35. The quantitative estimate of drug-likeness (QED) is 0.798. The molecule has 0 aromatic carbocycles. The van der Waals surface area contributed by atoms with Gasteiger partial charge in [-0.3, -0.25) is 9.59 Å². The summed E-state index contributed by atoms with van der Waals surface area (Å²) in [5.74, 6) is 0.801. The van der Waals surface area contributed by atoms with Crippen molar-refractivity contribution in [1.29, 1.82) is 0 Å². The number of allylic oxidation sites excluding steroid dienone is 1. The van der Waals surface area contributed by atoms with E-state index in [1.165, 1.54) is 5.57 Å². The predicted molar refractivity (Wildman–Crippen MR) is 89.4 cm³/mol. The fourth-order valence-electron chi connectivity index (χ4n) is 3.59. The van der Waals surface area contributed by atoms with Crippen molar-refractivity contribution in [1.82, 2.24) is 15.0 Å². The lowest BCUT2D eigenvalue weighted by atomic mass is 9.77. The van der Waals surface area contributed by atoms with E-state index in [4.69, 9.17) is 4.52 Å². The molecule has 0 saturated carbocycles. The van der Waals surface area contributed by atoms with Gasteiger partial charge in [-0.2, -0.15) is 0 Å². The first kappa shape index (κ1) is 16.7. The number of aromatic nitrogens is 1. The Kier molecular flexibility index (Phi) is 4.47. The summed E-state index contributed by atoms with van der Waals surface area (Å²) in [6.07, 6.45) is 4.44. The van der Waals surface area contributed by atoms with Crippen molar-refractivity contribution in [3.05, 3.63) is 29.2 Å². The standard InChI is InChI=1S/C18H25N3O3/c1-13(2)4-7-21-12-18(11-16(21)22)5-8-20(9-6-18)17(23)15-10-14(3)24-19-15/h4,10H,5-9,11-12H2,1-3H3. The van der Waals surface area contributed by atoms with Gasteiger partial charge in [0.1, 0.15) is 5.76 Å². The van der Waals surface area contributed by atoms with Crippen LogP contribution in [0.3, 0.4) is 0 Å². The number of carbonyl (C=O) groups excluding carboxylic acids is 2. The molecule has 3 rings (SSSR count). The van der Waals surface area contributed by atoms with Crippen LogP contribution in [-0.2, 0) is 4.79 Å². The highest BCUT2D eigenvalue weighted by molar-refractivity contribution is 5.92. The van der Waals surface area contributed by atoms with Crippen molar-refractivity contribution in [2.75, 3.05) is 26.2 Å². The van der Waals surface area contributed by atoms with Crippen LogP contribution in [0.15, 0.2) is 22.2 Å². The highest BCUT2D eigenvalue weighted by Crippen LogP contribution is 2.41. The normalized spacial score (nSPS) is 19.9. The van der Waals surface area contributed by atoms with Crippen LogP contribution >= 0.6 is 0 Å². The van der Waals surface area contributed by atoms with Crippen LogP contribution in [0.4, 0.5) is 0 Å². The summed E-state index contributed by atoms with van der Waals surface area (Å²) in [6, 6.07) is 1.67. The summed E-state index contributed by atoms with van der Waals surface area (Å²) in [5, 5.41) is 3.81. The summed E-state index contributed by atoms with van der Waals surface area (Å²) in [5.41, 5.74) is 1.63. The molecule has 0 N–H and O–H groups in total. The van der Waals surface area contributed by atoms with E-state index < -0.39 is 0 Å². The van der Waals surface area contributed by atoms with Gasteiger partial charge in [0.05, 0.1) is 0 Å². The Bertz CT molecular complexity index is 665. The molecule has 2 aliphatic heterocycles. The van der Waals surface area contributed by atoms with Crippen LogP contribution in [0.1, 0.15) is 49.4 Å². The van der Waals surface area contributed by atoms with E-state index in [1.807, 2.05) is 23.6 Å². The largest absolute Gasteiger partial charge is 0.361 e. The van der Waals surface area contributed by atoms with Gasteiger partial charge < -0.3 is 14.3 Å². The summed E-state index contributed by atoms with van der Waals surface area (Å²) >= 11 is 0. The lowest BCUT2D eigenvalue weighted by molar-refractivity contribution is -0.127. The van der Waals surface area contributed by atoms with E-state index in [9.17, 15) is 9.59 Å². The topological polar surface area (TPSA) is 66.7 Å². The van der Waals surface area contributed by atoms with Crippen molar-refractivity contribution in [3.8, 4) is 0 Å². The van der Waals surface area contributed by atoms with Crippen molar-refractivity contribution in [2.45, 2.75) is 40.0 Å². The summed E-state index contributed by atoms with van der Waals surface area (Å²) in [7, 11) is 0. The molecule has 2 saturated heterocycles. The molecule has 0 unspecified atom stereocenters. The molecule has 1 spiro atoms. The molecule has 2 amide bonds. The highest BCUT2D eigenvalue weighted by Gasteiger charge is 2.45. The van der Waals surface area contributed by atoms with Crippen LogP contribution < -0.4 is 0 Å². The Morgan fingerprint density at radius 2 is 2.08 bits per heavy atom. The third-order valence-corrected chi connectivity index (χ3v) is 5.08. The smallest absolute Gasteiger partial charge is 0.276 e. The first-order valence-electron chi connectivity index (χ1n) is 8.52. The minimum Gasteiger partial charge on any atom is -0.361 e. The second kappa shape index (κ2) is 6.42. The van der Waals surface area contributed by atoms with E-state index in [0.29, 0.717) is 37.5 Å². The zero-order valence-corrected chi connectivity index (χ0v) is 14.7. The van der Waals surface area contributed by atoms with Gasteiger partial charge in [-0.1, -0.05) is 16.8 Å². The van der Waals surface area contributed by atoms with Crippen molar-refractivity contribution >= 4 is 11.8 Å². The number of rotatable bonds is 3. The van der Waals surface area contributed by atoms with Gasteiger partial charge in [0.15, 0.2) is 5.69 Å². The van der Waals surface area contributed by atoms with Crippen LogP contribution in [0.2, 0.25) is 0 Å². The molecule has 24 heavy (non-hydrogen) atoms. The molecular weight excluding hydrogens is 306 g/mol. The number of hydrogen-bond acceptors (Lipinski definition) is 4. The average molecular weight is 331 g/mol. The summed E-state index contributed by atoms with van der Waals surface area (Å²) < 4.78 is 4.99. The number of hydrogen-bond donors (Lipinski definition) is 0. The zero-order chi connectivity index (χ0) is 17.3. The van der Waals surface area contributed by atoms with Crippen molar-refractivity contribution in [3.63, 3.8) is 0 Å². The lowest BCUT2D eigenvalue weighted by Crippen LogP contribution is -2.44. The minimum atomic E-state index is -0.0765. The number of aryl methyl sites for hydroxylation is 1. The summed E-state index contributed by atoms with van der Waals surface area (Å²) in [4.78, 5) is 28.5. The third kappa shape index (κ3) is 3.37. The number of piperidine rings is 1. The minimum absolute atomic E-state index is 0.0308. The maximum absolute atomic E-state index is 12.4. The molecule has 0 bridgehead atoms. The maximum Gasteiger partial charge on any atom is 0.276 e. The van der Waals surface area contributed by atoms with Gasteiger partial charge in [0, 0.05) is 44.1 Å². The summed E-state index contributed by atoms with van der Waals surface area (Å²) in [6.45, 7) is 8.73. The number of nitrogens with zero attached hydrogens (tertiary/aromatic N) is 3. The molecule has 0 radical (unpaired) electrons. The van der Waals surface area contributed by atoms with Crippen LogP contribution in [0.25, 0.3) is 0 Å². The molecule has 0 aliphatic carbocycles. The molecule has 1 aromatic rings. The molecule has 2 fully saturated rings. The highest BCUT2D eigenvalue weighted by atomic mass is 16.5. The molecule has 6 nitrogen and oxygen atoms in total. The van der Waals surface area contributed by atoms with Gasteiger partial charge in [0.25, 0.3) is 5.91 Å². The van der Waals surface area contributed by atoms with E-state index in [1.54, 1.807) is 13.0 Å². The van der Waals surface area contributed by atoms with Crippen molar-refractivity contribution < 1.29 is 14.1 Å². The molecule has 3 heterocycles. The second-order valence-corrected chi connectivity index (χ2v) is 7.35. The Hall–Kier alpha value is -2.11. The zero-order valence-electron chi connectivity index (χ0n) is 14.7. The van der Waals surface area contributed by atoms with Gasteiger partial charge in [0.2, 0.25) is 5.91 Å². The fraction of sp³-hybridized carbons (Fsp3) is 0.611. The van der Waals surface area contributed by atoms with E-state index in [-0.39, 0.29) is 17.2 Å². The van der Waals surface area contributed by atoms with E-state index in [0.717, 1.165) is 19.4 Å². The molecule has 130 valence electrons. The molecular formula is C18H25N3O3. The van der Waals surface area contributed by atoms with Crippen LogP contribution in [0, 0.1) is 12.3 Å². The number of carbonyl (C=O) groups is 2. The number of likely N-dealkylation sites (tertiary alicyclic amines) is 2. The average Bonchev–Trinajstić information content (AvgIpc) is 3.09. The lowest BCUT2D eigenvalue weighted by Gasteiger charge is -2.38. The fourth-order valence-corrected chi connectivity index (χ4v) is 3.59. The van der Waals surface area contributed by atoms with E-state index in [2.05, 4.69) is 11.2 Å². The molecule has 6 heteroatoms. The van der Waals surface area contributed by atoms with Crippen LogP contribution in [-0.4, -0.2) is 52.9 Å². The van der Waals surface area contributed by atoms with Gasteiger partial charge in [-0.15, -0.1) is 0 Å². The van der Waals surface area contributed by atoms with Gasteiger partial charge in [-0.05, 0) is 33.6 Å². The molecule has 0 atom stereocenters. The third-order valence-electron chi connectivity index (χ3n) is 5.08. The van der Waals surface area contributed by atoms with Crippen molar-refractivity contribution in [2.24, 2.45) is 5.41 Å². The molecule has 1 aromatic heterocycles. The Labute approximate surface area is 142 Å². The van der Waals surface area contributed by atoms with Gasteiger partial charge in [-0.25, -0.2) is 0 Å². The Morgan fingerprint density at radius 1 is 1.38 bits per heavy atom. The van der Waals surface area contributed by atoms with Gasteiger partial charge >= 0.3 is 0 Å². The Morgan fingerprint density at radius 3 is 2.67 bits per heavy atom. The predicted octanol–water partition coefficient (Wildman–Crippen LogP) is 2.40. The Balaban J connectivity index is 1.59. The van der Waals surface area contributed by atoms with E-state index >= 15 is 0 Å². The first-order valence-corrected chi connectivity index (χ1v) is 8.52.